The van der Waals surface area contributed by atoms with Gasteiger partial charge in [0.1, 0.15) is 17.7 Å². The Kier molecular flexibility index (Phi) is 10.6. The van der Waals surface area contributed by atoms with E-state index >= 15 is 0 Å². The molecule has 0 aliphatic rings. The highest BCUT2D eigenvalue weighted by atomic mass is 127. The Morgan fingerprint density at radius 2 is 1.85 bits per heavy atom. The lowest BCUT2D eigenvalue weighted by atomic mass is 10.2. The van der Waals surface area contributed by atoms with Gasteiger partial charge in [-0.15, -0.1) is 35.3 Å². The summed E-state index contributed by atoms with van der Waals surface area (Å²) in [6, 6.07) is 10.5. The predicted octanol–water partition coefficient (Wildman–Crippen LogP) is 3.74. The molecule has 0 aliphatic carbocycles. The van der Waals surface area contributed by atoms with Gasteiger partial charge in [-0.25, -0.2) is 4.39 Å². The van der Waals surface area contributed by atoms with Crippen LogP contribution < -0.4 is 15.4 Å². The lowest BCUT2D eigenvalue weighted by Crippen LogP contribution is -2.44. The second kappa shape index (κ2) is 12.1. The molecular formula is C19H28FIN4OS. The molecule has 0 aliphatic heterocycles. The van der Waals surface area contributed by atoms with Crippen LogP contribution in [0.1, 0.15) is 17.8 Å². The number of benzene rings is 1. The number of halogens is 2. The standard InChI is InChI=1S/C19H27FN4OS.HI/c1-14(25-16-9-7-15(20)8-10-16)12-22-19(21-2)23-13-17(24(3)4)18-6-5-11-26-18;/h5-11,14,17H,12-13H2,1-4H3,(H2,21,22,23);1H. The van der Waals surface area contributed by atoms with Gasteiger partial charge in [-0.05, 0) is 56.7 Å². The van der Waals surface area contributed by atoms with Crippen LogP contribution >= 0.6 is 35.3 Å². The molecule has 2 unspecified atom stereocenters. The summed E-state index contributed by atoms with van der Waals surface area (Å²) in [6.45, 7) is 3.29. The number of thiophene rings is 1. The number of hydrogen-bond acceptors (Lipinski definition) is 4. The van der Waals surface area contributed by atoms with Crippen molar-refractivity contribution in [2.24, 2.45) is 4.99 Å². The average Bonchev–Trinajstić information content (AvgIpc) is 3.14. The van der Waals surface area contributed by atoms with Crippen LogP contribution in [0.4, 0.5) is 4.39 Å². The van der Waals surface area contributed by atoms with E-state index in [1.165, 1.54) is 17.0 Å². The first-order valence-corrected chi connectivity index (χ1v) is 9.44. The topological polar surface area (TPSA) is 48.9 Å². The molecule has 0 radical (unpaired) electrons. The average molecular weight is 506 g/mol. The van der Waals surface area contributed by atoms with E-state index in [1.807, 2.05) is 6.92 Å². The fraction of sp³-hybridized carbons (Fsp3) is 0.421. The molecule has 27 heavy (non-hydrogen) atoms. The molecule has 0 amide bonds. The van der Waals surface area contributed by atoms with Crippen molar-refractivity contribution in [2.75, 3.05) is 34.2 Å². The Morgan fingerprint density at radius 1 is 1.19 bits per heavy atom. The van der Waals surface area contributed by atoms with E-state index in [2.05, 4.69) is 52.1 Å². The van der Waals surface area contributed by atoms with Crippen LogP contribution in [-0.2, 0) is 0 Å². The van der Waals surface area contributed by atoms with Crippen molar-refractivity contribution < 1.29 is 9.13 Å². The number of rotatable bonds is 8. The van der Waals surface area contributed by atoms with E-state index in [4.69, 9.17) is 4.74 Å². The van der Waals surface area contributed by atoms with E-state index in [1.54, 1.807) is 30.5 Å². The molecule has 2 aromatic rings. The molecule has 0 saturated carbocycles. The van der Waals surface area contributed by atoms with Crippen LogP contribution in [-0.4, -0.2) is 51.2 Å². The monoisotopic (exact) mass is 506 g/mol. The van der Waals surface area contributed by atoms with Gasteiger partial charge in [0.25, 0.3) is 0 Å². The van der Waals surface area contributed by atoms with Gasteiger partial charge < -0.3 is 20.3 Å². The maximum Gasteiger partial charge on any atom is 0.191 e. The third-order valence-electron chi connectivity index (χ3n) is 3.89. The van der Waals surface area contributed by atoms with Crippen molar-refractivity contribution in [3.05, 3.63) is 52.5 Å². The lowest BCUT2D eigenvalue weighted by molar-refractivity contribution is 0.223. The number of likely N-dealkylation sites (N-methyl/N-ethyl adjacent to an activating group) is 1. The molecule has 2 N–H and O–H groups in total. The molecular weight excluding hydrogens is 478 g/mol. The highest BCUT2D eigenvalue weighted by Crippen LogP contribution is 2.22. The number of nitrogens with zero attached hydrogens (tertiary/aromatic N) is 2. The van der Waals surface area contributed by atoms with Crippen molar-refractivity contribution in [1.29, 1.82) is 0 Å². The zero-order valence-corrected chi connectivity index (χ0v) is 19.3. The first-order valence-electron chi connectivity index (χ1n) is 8.56. The van der Waals surface area contributed by atoms with Gasteiger partial charge in [-0.3, -0.25) is 4.99 Å². The molecule has 0 spiro atoms. The Hall–Kier alpha value is -1.39. The normalized spacial score (nSPS) is 13.6. The summed E-state index contributed by atoms with van der Waals surface area (Å²) in [5.74, 6) is 1.10. The highest BCUT2D eigenvalue weighted by molar-refractivity contribution is 14.0. The maximum absolute atomic E-state index is 12.9. The van der Waals surface area contributed by atoms with E-state index in [9.17, 15) is 4.39 Å². The van der Waals surface area contributed by atoms with Gasteiger partial charge in [0.15, 0.2) is 5.96 Å². The van der Waals surface area contributed by atoms with Gasteiger partial charge in [0.05, 0.1) is 12.6 Å². The lowest BCUT2D eigenvalue weighted by Gasteiger charge is -2.25. The summed E-state index contributed by atoms with van der Waals surface area (Å²) in [6.07, 6.45) is -0.0825. The van der Waals surface area contributed by atoms with Crippen LogP contribution in [0.5, 0.6) is 5.75 Å². The van der Waals surface area contributed by atoms with Gasteiger partial charge in [-0.1, -0.05) is 6.07 Å². The Bertz CT molecular complexity index is 680. The molecule has 0 fully saturated rings. The Balaban J connectivity index is 0.00000364. The molecule has 1 heterocycles. The SMILES string of the molecule is CN=C(NCC(C)Oc1ccc(F)cc1)NCC(c1cccs1)N(C)C.I. The van der Waals surface area contributed by atoms with E-state index < -0.39 is 0 Å². The van der Waals surface area contributed by atoms with Crippen molar-refractivity contribution >= 4 is 41.3 Å². The van der Waals surface area contributed by atoms with Crippen LogP contribution in [0.2, 0.25) is 0 Å². The summed E-state index contributed by atoms with van der Waals surface area (Å²) in [5, 5.41) is 8.72. The molecule has 1 aromatic heterocycles. The van der Waals surface area contributed by atoms with E-state index in [-0.39, 0.29) is 41.9 Å². The Labute approximate surface area is 182 Å². The first kappa shape index (κ1) is 23.6. The number of nitrogens with one attached hydrogen (secondary N) is 2. The van der Waals surface area contributed by atoms with Crippen LogP contribution in [0.15, 0.2) is 46.8 Å². The number of aliphatic imine (C=N–C) groups is 1. The van der Waals surface area contributed by atoms with Crippen molar-refractivity contribution in [1.82, 2.24) is 15.5 Å². The summed E-state index contributed by atoms with van der Waals surface area (Å²) in [4.78, 5) is 7.76. The largest absolute Gasteiger partial charge is 0.489 e. The quantitative estimate of drug-likeness (QED) is 0.326. The summed E-state index contributed by atoms with van der Waals surface area (Å²) in [7, 11) is 5.89. The third kappa shape index (κ3) is 8.02. The van der Waals surface area contributed by atoms with Crippen molar-refractivity contribution in [3.8, 4) is 5.75 Å². The predicted molar refractivity (Wildman–Crippen MR) is 122 cm³/mol. The second-order valence-electron chi connectivity index (χ2n) is 6.21. The summed E-state index contributed by atoms with van der Waals surface area (Å²) >= 11 is 1.75. The van der Waals surface area contributed by atoms with Crippen LogP contribution in [0.25, 0.3) is 0 Å². The van der Waals surface area contributed by atoms with Gasteiger partial charge in [0.2, 0.25) is 0 Å². The van der Waals surface area contributed by atoms with Crippen molar-refractivity contribution in [2.45, 2.75) is 19.1 Å². The van der Waals surface area contributed by atoms with E-state index in [0.717, 1.165) is 12.5 Å². The molecule has 1 aromatic carbocycles. The third-order valence-corrected chi connectivity index (χ3v) is 4.86. The zero-order chi connectivity index (χ0) is 18.9. The zero-order valence-electron chi connectivity index (χ0n) is 16.1. The maximum atomic E-state index is 12.9. The second-order valence-corrected chi connectivity index (χ2v) is 7.19. The van der Waals surface area contributed by atoms with Gasteiger partial charge >= 0.3 is 0 Å². The number of hydrogen-bond donors (Lipinski definition) is 2. The molecule has 0 saturated heterocycles. The minimum Gasteiger partial charge on any atom is -0.489 e. The van der Waals surface area contributed by atoms with Crippen molar-refractivity contribution in [3.63, 3.8) is 0 Å². The molecule has 5 nitrogen and oxygen atoms in total. The summed E-state index contributed by atoms with van der Waals surface area (Å²) < 4.78 is 18.7. The van der Waals surface area contributed by atoms with Crippen LogP contribution in [0.3, 0.4) is 0 Å². The fourth-order valence-electron chi connectivity index (χ4n) is 2.46. The molecule has 0 bridgehead atoms. The molecule has 8 heteroatoms. The minimum absolute atomic E-state index is 0. The summed E-state index contributed by atoms with van der Waals surface area (Å²) in [5.41, 5.74) is 0. The molecule has 150 valence electrons. The smallest absolute Gasteiger partial charge is 0.191 e. The van der Waals surface area contributed by atoms with Gasteiger partial charge in [-0.2, -0.15) is 0 Å². The minimum atomic E-state index is -0.270. The van der Waals surface area contributed by atoms with E-state index in [0.29, 0.717) is 12.3 Å². The number of guanidine groups is 1. The van der Waals surface area contributed by atoms with Crippen LogP contribution in [0, 0.1) is 5.82 Å². The molecule has 2 rings (SSSR count). The fourth-order valence-corrected chi connectivity index (χ4v) is 3.38. The molecule has 2 atom stereocenters. The van der Waals surface area contributed by atoms with Gasteiger partial charge in [0, 0.05) is 18.5 Å². The highest BCUT2D eigenvalue weighted by Gasteiger charge is 2.15. The Morgan fingerprint density at radius 3 is 2.41 bits per heavy atom. The number of ether oxygens (including phenoxy) is 1. The first-order chi connectivity index (χ1) is 12.5.